The monoisotopic (exact) mass is 618 g/mol. The second-order valence-electron chi connectivity index (χ2n) is 10.5. The number of fused-ring (bicyclic) bond motifs is 2. The number of rotatable bonds is 8. The first-order chi connectivity index (χ1) is 21.7. The minimum Gasteiger partial charge on any atom is -0.465 e. The van der Waals surface area contributed by atoms with Gasteiger partial charge in [-0.1, -0.05) is 41.4 Å². The molecule has 0 unspecified atom stereocenters. The Morgan fingerprint density at radius 2 is 1.13 bits per heavy atom. The van der Waals surface area contributed by atoms with Crippen molar-refractivity contribution in [3.05, 3.63) is 142 Å². The smallest absolute Gasteiger partial charge is 0.340 e. The van der Waals surface area contributed by atoms with Crippen LogP contribution in [0.2, 0.25) is 5.02 Å². The Bertz CT molecular complexity index is 2140. The number of benzene rings is 2. The van der Waals surface area contributed by atoms with Gasteiger partial charge in [0.1, 0.15) is 0 Å². The van der Waals surface area contributed by atoms with Gasteiger partial charge in [0.05, 0.1) is 47.3 Å². The third-order valence-electron chi connectivity index (χ3n) is 7.66. The maximum Gasteiger partial charge on any atom is 0.340 e. The van der Waals surface area contributed by atoms with Gasteiger partial charge < -0.3 is 18.3 Å². The van der Waals surface area contributed by atoms with E-state index in [1.807, 2.05) is 31.2 Å². The molecule has 2 aromatic carbocycles. The molecule has 0 aliphatic carbocycles. The van der Waals surface area contributed by atoms with Crippen molar-refractivity contribution < 1.29 is 28.7 Å². The number of pyridine rings is 2. The first-order valence-corrected chi connectivity index (χ1v) is 14.6. The van der Waals surface area contributed by atoms with Crippen molar-refractivity contribution in [3.8, 4) is 11.1 Å². The number of methoxy groups -OCH3 is 1. The summed E-state index contributed by atoms with van der Waals surface area (Å²) in [6, 6.07) is 24.0. The zero-order chi connectivity index (χ0) is 31.8. The second kappa shape index (κ2) is 11.9. The summed E-state index contributed by atoms with van der Waals surface area (Å²) in [5, 5.41) is 0.505. The number of carbonyl (C=O) groups is 4. The molecule has 0 aliphatic heterocycles. The van der Waals surface area contributed by atoms with Gasteiger partial charge in [-0.15, -0.1) is 0 Å². The molecule has 0 amide bonds. The molecule has 224 valence electrons. The summed E-state index contributed by atoms with van der Waals surface area (Å²) in [6.07, 6.45) is 3.44. The van der Waals surface area contributed by atoms with Crippen LogP contribution in [0.25, 0.3) is 22.2 Å². The first-order valence-electron chi connectivity index (χ1n) is 14.2. The molecule has 4 aromatic heterocycles. The van der Waals surface area contributed by atoms with Crippen molar-refractivity contribution in [3.63, 3.8) is 0 Å². The maximum atomic E-state index is 13.5. The maximum absolute atomic E-state index is 13.5. The van der Waals surface area contributed by atoms with E-state index in [0.29, 0.717) is 44.0 Å². The van der Waals surface area contributed by atoms with Crippen molar-refractivity contribution in [1.82, 2.24) is 8.80 Å². The number of nitrogens with zero attached hydrogens (tertiary/aromatic N) is 2. The summed E-state index contributed by atoms with van der Waals surface area (Å²) in [5.41, 5.74) is 5.40. The average molecular weight is 619 g/mol. The van der Waals surface area contributed by atoms with E-state index in [4.69, 9.17) is 21.1 Å². The molecule has 0 atom stereocenters. The highest BCUT2D eigenvalue weighted by Gasteiger charge is 2.24. The van der Waals surface area contributed by atoms with Gasteiger partial charge in [0.2, 0.25) is 11.6 Å². The van der Waals surface area contributed by atoms with Crippen LogP contribution in [-0.4, -0.2) is 46.0 Å². The van der Waals surface area contributed by atoms with E-state index >= 15 is 0 Å². The molecule has 0 bridgehead atoms. The second-order valence-corrected chi connectivity index (χ2v) is 10.9. The predicted octanol–water partition coefficient (Wildman–Crippen LogP) is 7.25. The molecule has 0 N–H and O–H groups in total. The zero-order valence-corrected chi connectivity index (χ0v) is 25.4. The lowest BCUT2D eigenvalue weighted by molar-refractivity contribution is 0.0527. The van der Waals surface area contributed by atoms with Crippen LogP contribution in [0, 0.1) is 6.92 Å². The van der Waals surface area contributed by atoms with Crippen LogP contribution in [-0.2, 0) is 9.47 Å². The van der Waals surface area contributed by atoms with Crippen molar-refractivity contribution in [2.45, 2.75) is 13.8 Å². The molecule has 45 heavy (non-hydrogen) atoms. The van der Waals surface area contributed by atoms with Gasteiger partial charge in [-0.3, -0.25) is 9.59 Å². The largest absolute Gasteiger partial charge is 0.465 e. The molecule has 0 saturated carbocycles. The van der Waals surface area contributed by atoms with Crippen LogP contribution in [0.1, 0.15) is 65.3 Å². The number of carbonyl (C=O) groups excluding carboxylic acids is 4. The molecule has 8 nitrogen and oxygen atoms in total. The quantitative estimate of drug-likeness (QED) is 0.132. The Morgan fingerprint density at radius 3 is 1.60 bits per heavy atom. The predicted molar refractivity (Wildman–Crippen MR) is 171 cm³/mol. The number of halogens is 1. The van der Waals surface area contributed by atoms with Crippen LogP contribution in [0.5, 0.6) is 0 Å². The molecule has 0 saturated heterocycles. The summed E-state index contributed by atoms with van der Waals surface area (Å²) in [6.45, 7) is 3.82. The number of aromatic nitrogens is 2. The van der Waals surface area contributed by atoms with Crippen LogP contribution >= 0.6 is 11.6 Å². The highest BCUT2D eigenvalue weighted by molar-refractivity contribution is 6.30. The SMILES string of the molecule is CCOC(=O)c1cc(C(=O)c2ccc(Cl)cc2)n2ccc(-c3ccn4c(C(=O)c5ccc(C)cc5)cc(C(=O)OC)c4c3)cc12. The Morgan fingerprint density at radius 1 is 0.667 bits per heavy atom. The van der Waals surface area contributed by atoms with Crippen LogP contribution in [0.4, 0.5) is 0 Å². The topological polar surface area (TPSA) is 95.6 Å². The molecule has 6 rings (SSSR count). The van der Waals surface area contributed by atoms with E-state index in [0.717, 1.165) is 5.56 Å². The zero-order valence-electron chi connectivity index (χ0n) is 24.7. The standard InChI is InChI=1S/C36H27ClN2O6/c1-4-45-36(43)28-20-32(34(41)23-9-11-26(37)12-10-23)39-16-14-25(18-30(28)39)24-13-15-38-29(17-24)27(35(42)44-3)19-31(38)33(40)22-7-5-21(2)6-8-22/h5-20H,4H2,1-3H3. The average Bonchev–Trinajstić information content (AvgIpc) is 3.63. The van der Waals surface area contributed by atoms with E-state index in [1.54, 1.807) is 76.6 Å². The lowest BCUT2D eigenvalue weighted by Crippen LogP contribution is -2.05. The third-order valence-corrected chi connectivity index (χ3v) is 7.91. The summed E-state index contributed by atoms with van der Waals surface area (Å²) < 4.78 is 13.7. The van der Waals surface area contributed by atoms with E-state index < -0.39 is 11.9 Å². The Balaban J connectivity index is 1.48. The van der Waals surface area contributed by atoms with Gasteiger partial charge in [0.15, 0.2) is 0 Å². The molecule has 0 aliphatic rings. The molecule has 0 radical (unpaired) electrons. The van der Waals surface area contributed by atoms with Crippen LogP contribution in [0.3, 0.4) is 0 Å². The van der Waals surface area contributed by atoms with E-state index in [1.165, 1.54) is 19.2 Å². The Kier molecular flexibility index (Phi) is 7.83. The van der Waals surface area contributed by atoms with E-state index in [2.05, 4.69) is 0 Å². The van der Waals surface area contributed by atoms with Gasteiger partial charge in [-0.05, 0) is 85.6 Å². The van der Waals surface area contributed by atoms with Gasteiger partial charge >= 0.3 is 11.9 Å². The fraction of sp³-hybridized carbons (Fsp3) is 0.111. The number of ketones is 2. The number of esters is 2. The molecule has 4 heterocycles. The third kappa shape index (κ3) is 5.41. The van der Waals surface area contributed by atoms with Crippen molar-refractivity contribution in [1.29, 1.82) is 0 Å². The number of hydrogen-bond donors (Lipinski definition) is 0. The lowest BCUT2D eigenvalue weighted by Gasteiger charge is -2.09. The minimum atomic E-state index is -0.579. The van der Waals surface area contributed by atoms with Crippen molar-refractivity contribution >= 4 is 46.1 Å². The van der Waals surface area contributed by atoms with E-state index in [-0.39, 0.29) is 35.0 Å². The Hall–Kier alpha value is -5.47. The summed E-state index contributed by atoms with van der Waals surface area (Å²) >= 11 is 6.01. The summed E-state index contributed by atoms with van der Waals surface area (Å²) in [4.78, 5) is 52.8. The number of aryl methyl sites for hydroxylation is 1. The fourth-order valence-electron chi connectivity index (χ4n) is 5.35. The van der Waals surface area contributed by atoms with Gasteiger partial charge in [0.25, 0.3) is 0 Å². The molecule has 0 fully saturated rings. The summed E-state index contributed by atoms with van der Waals surface area (Å²) in [5.74, 6) is -1.66. The highest BCUT2D eigenvalue weighted by Crippen LogP contribution is 2.30. The van der Waals surface area contributed by atoms with Gasteiger partial charge in [-0.2, -0.15) is 0 Å². The fourth-order valence-corrected chi connectivity index (χ4v) is 5.48. The Labute approximate surface area is 263 Å². The van der Waals surface area contributed by atoms with E-state index in [9.17, 15) is 19.2 Å². The molecule has 9 heteroatoms. The lowest BCUT2D eigenvalue weighted by atomic mass is 10.1. The van der Waals surface area contributed by atoms with Gasteiger partial charge in [0, 0.05) is 28.5 Å². The molecular formula is C36H27ClN2O6. The minimum absolute atomic E-state index is 0.168. The number of ether oxygens (including phenoxy) is 2. The van der Waals surface area contributed by atoms with Crippen molar-refractivity contribution in [2.24, 2.45) is 0 Å². The van der Waals surface area contributed by atoms with Gasteiger partial charge in [-0.25, -0.2) is 9.59 Å². The molecular weight excluding hydrogens is 592 g/mol. The molecule has 6 aromatic rings. The van der Waals surface area contributed by atoms with Crippen LogP contribution in [0.15, 0.2) is 97.3 Å². The van der Waals surface area contributed by atoms with Crippen LogP contribution < -0.4 is 0 Å². The summed E-state index contributed by atoms with van der Waals surface area (Å²) in [7, 11) is 1.29. The highest BCUT2D eigenvalue weighted by atomic mass is 35.5. The molecule has 0 spiro atoms. The number of hydrogen-bond acceptors (Lipinski definition) is 6. The normalized spacial score (nSPS) is 11.1. The first kappa shape index (κ1) is 29.6. The van der Waals surface area contributed by atoms with Crippen molar-refractivity contribution in [2.75, 3.05) is 13.7 Å².